The first-order chi connectivity index (χ1) is 19.1. The molecule has 2 amide bonds. The van der Waals surface area contributed by atoms with E-state index in [2.05, 4.69) is 5.32 Å². The number of halogens is 1. The summed E-state index contributed by atoms with van der Waals surface area (Å²) in [5, 5.41) is 3.31. The van der Waals surface area contributed by atoms with Crippen molar-refractivity contribution in [2.75, 3.05) is 24.5 Å². The van der Waals surface area contributed by atoms with Crippen LogP contribution in [0.3, 0.4) is 0 Å². The summed E-state index contributed by atoms with van der Waals surface area (Å²) in [7, 11) is -2.69. The minimum absolute atomic E-state index is 0.00754. The van der Waals surface area contributed by atoms with E-state index in [-0.39, 0.29) is 23.0 Å². The Kier molecular flexibility index (Phi) is 11.0. The number of hydrogen-bond donors (Lipinski definition) is 1. The Bertz CT molecular complexity index is 1400. The quantitative estimate of drug-likeness (QED) is 0.279. The summed E-state index contributed by atoms with van der Waals surface area (Å²) in [6.07, 6.45) is 1.73. The molecule has 8 nitrogen and oxygen atoms in total. The van der Waals surface area contributed by atoms with E-state index in [0.717, 1.165) is 28.3 Å². The van der Waals surface area contributed by atoms with Crippen LogP contribution in [0.1, 0.15) is 37.8 Å². The van der Waals surface area contributed by atoms with Gasteiger partial charge in [-0.05, 0) is 79.9 Å². The summed E-state index contributed by atoms with van der Waals surface area (Å²) in [6.45, 7) is 5.73. The van der Waals surface area contributed by atoms with Crippen LogP contribution in [-0.2, 0) is 26.2 Å². The molecule has 3 rings (SSSR count). The van der Waals surface area contributed by atoms with Crippen molar-refractivity contribution in [3.63, 3.8) is 0 Å². The van der Waals surface area contributed by atoms with Crippen molar-refractivity contribution < 1.29 is 22.7 Å². The van der Waals surface area contributed by atoms with Gasteiger partial charge in [0.05, 0.1) is 17.7 Å². The molecule has 0 saturated heterocycles. The number of carbonyl (C=O) groups excluding carboxylic acids is 2. The number of carbonyl (C=O) groups is 2. The van der Waals surface area contributed by atoms with E-state index in [1.165, 1.54) is 24.1 Å². The first kappa shape index (κ1) is 31.0. The monoisotopic (exact) mass is 585 g/mol. The van der Waals surface area contributed by atoms with Crippen molar-refractivity contribution in [1.29, 1.82) is 0 Å². The standard InChI is InChI=1S/C30H36ClN3O5S/c1-5-6-19-32-30(36)23(3)33(20-24-10-8-7-9-22(24)2)29(35)21-34(26-13-11-25(31)12-14-26)40(37,38)28-17-15-27(39-4)16-18-28/h7-18,23H,5-6,19-21H2,1-4H3,(H,32,36)/t23-/m1/s1. The summed E-state index contributed by atoms with van der Waals surface area (Å²) in [5.41, 5.74) is 2.09. The number of nitrogens with one attached hydrogen (secondary N) is 1. The predicted molar refractivity (Wildman–Crippen MR) is 158 cm³/mol. The zero-order valence-electron chi connectivity index (χ0n) is 23.3. The van der Waals surface area contributed by atoms with E-state index in [1.54, 1.807) is 43.3 Å². The molecular weight excluding hydrogens is 550 g/mol. The minimum Gasteiger partial charge on any atom is -0.497 e. The molecule has 0 aromatic heterocycles. The molecule has 3 aromatic carbocycles. The molecule has 0 heterocycles. The van der Waals surface area contributed by atoms with Gasteiger partial charge in [0.25, 0.3) is 10.0 Å². The van der Waals surface area contributed by atoms with Gasteiger partial charge < -0.3 is 15.0 Å². The van der Waals surface area contributed by atoms with Gasteiger partial charge in [-0.25, -0.2) is 8.42 Å². The number of nitrogens with zero attached hydrogens (tertiary/aromatic N) is 2. The molecule has 0 spiro atoms. The highest BCUT2D eigenvalue weighted by molar-refractivity contribution is 7.92. The summed E-state index contributed by atoms with van der Waals surface area (Å²) < 4.78 is 33.9. The largest absolute Gasteiger partial charge is 0.497 e. The van der Waals surface area contributed by atoms with Crippen LogP contribution in [0.2, 0.25) is 5.02 Å². The molecule has 214 valence electrons. The number of rotatable bonds is 13. The van der Waals surface area contributed by atoms with Crippen molar-refractivity contribution in [3.8, 4) is 5.75 Å². The molecular formula is C30H36ClN3O5S. The number of anilines is 1. The molecule has 0 bridgehead atoms. The third kappa shape index (κ3) is 7.76. The lowest BCUT2D eigenvalue weighted by Gasteiger charge is -2.32. The molecule has 0 radical (unpaired) electrons. The third-order valence-corrected chi connectivity index (χ3v) is 8.68. The van der Waals surface area contributed by atoms with Gasteiger partial charge in [0, 0.05) is 18.1 Å². The molecule has 3 aromatic rings. The maximum Gasteiger partial charge on any atom is 0.264 e. The number of unbranched alkanes of at least 4 members (excludes halogenated alkanes) is 1. The number of benzene rings is 3. The first-order valence-corrected chi connectivity index (χ1v) is 14.9. The molecule has 0 aliphatic carbocycles. The van der Waals surface area contributed by atoms with Crippen LogP contribution in [0.5, 0.6) is 5.75 Å². The molecule has 1 atom stereocenters. The average molecular weight is 586 g/mol. The Morgan fingerprint density at radius 2 is 1.65 bits per heavy atom. The number of hydrogen-bond acceptors (Lipinski definition) is 5. The number of methoxy groups -OCH3 is 1. The molecule has 0 aliphatic rings. The third-order valence-electron chi connectivity index (χ3n) is 6.64. The van der Waals surface area contributed by atoms with Crippen molar-refractivity contribution in [3.05, 3.63) is 88.9 Å². The number of ether oxygens (including phenoxy) is 1. The molecule has 40 heavy (non-hydrogen) atoms. The second-order valence-electron chi connectivity index (χ2n) is 9.43. The fourth-order valence-corrected chi connectivity index (χ4v) is 5.64. The topological polar surface area (TPSA) is 96.0 Å². The molecule has 0 unspecified atom stereocenters. The number of aryl methyl sites for hydroxylation is 1. The lowest BCUT2D eigenvalue weighted by atomic mass is 10.1. The van der Waals surface area contributed by atoms with Crippen molar-refractivity contribution in [2.45, 2.75) is 51.1 Å². The van der Waals surface area contributed by atoms with Gasteiger partial charge >= 0.3 is 0 Å². The maximum atomic E-state index is 14.0. The summed E-state index contributed by atoms with van der Waals surface area (Å²) in [5.74, 6) is -0.319. The van der Waals surface area contributed by atoms with Crippen LogP contribution in [0.4, 0.5) is 5.69 Å². The summed E-state index contributed by atoms with van der Waals surface area (Å²) in [4.78, 5) is 28.4. The Hall–Kier alpha value is -3.56. The van der Waals surface area contributed by atoms with E-state index in [0.29, 0.717) is 17.3 Å². The second-order valence-corrected chi connectivity index (χ2v) is 11.7. The van der Waals surface area contributed by atoms with E-state index >= 15 is 0 Å². The van der Waals surface area contributed by atoms with E-state index in [9.17, 15) is 18.0 Å². The summed E-state index contributed by atoms with van der Waals surface area (Å²) in [6, 6.07) is 18.9. The Morgan fingerprint density at radius 1 is 1.00 bits per heavy atom. The van der Waals surface area contributed by atoms with Crippen LogP contribution in [0, 0.1) is 6.92 Å². The summed E-state index contributed by atoms with van der Waals surface area (Å²) >= 11 is 6.07. The zero-order valence-corrected chi connectivity index (χ0v) is 24.8. The molecule has 1 N–H and O–H groups in total. The molecule has 0 fully saturated rings. The highest BCUT2D eigenvalue weighted by Gasteiger charge is 2.32. The lowest BCUT2D eigenvalue weighted by molar-refractivity contribution is -0.139. The maximum absolute atomic E-state index is 14.0. The van der Waals surface area contributed by atoms with Crippen LogP contribution < -0.4 is 14.4 Å². The van der Waals surface area contributed by atoms with Crippen molar-refractivity contribution >= 4 is 39.1 Å². The van der Waals surface area contributed by atoms with Crippen molar-refractivity contribution in [1.82, 2.24) is 10.2 Å². The van der Waals surface area contributed by atoms with E-state index < -0.39 is 28.5 Å². The lowest BCUT2D eigenvalue weighted by Crippen LogP contribution is -2.51. The predicted octanol–water partition coefficient (Wildman–Crippen LogP) is 5.19. The van der Waals surface area contributed by atoms with Crippen LogP contribution in [-0.4, -0.2) is 51.4 Å². The van der Waals surface area contributed by atoms with Gasteiger partial charge in [0.1, 0.15) is 18.3 Å². The smallest absolute Gasteiger partial charge is 0.264 e. The van der Waals surface area contributed by atoms with Crippen molar-refractivity contribution in [2.24, 2.45) is 0 Å². The highest BCUT2D eigenvalue weighted by Crippen LogP contribution is 2.27. The van der Waals surface area contributed by atoms with Gasteiger partial charge in [-0.15, -0.1) is 0 Å². The van der Waals surface area contributed by atoms with Gasteiger partial charge in [-0.2, -0.15) is 0 Å². The number of amides is 2. The Balaban J connectivity index is 2.00. The average Bonchev–Trinajstić information content (AvgIpc) is 2.95. The Morgan fingerprint density at radius 3 is 2.25 bits per heavy atom. The molecule has 0 saturated carbocycles. The highest BCUT2D eigenvalue weighted by atomic mass is 35.5. The van der Waals surface area contributed by atoms with Gasteiger partial charge in [0.2, 0.25) is 11.8 Å². The normalized spacial score (nSPS) is 11.9. The SMILES string of the molecule is CCCCNC(=O)[C@@H](C)N(Cc1ccccc1C)C(=O)CN(c1ccc(Cl)cc1)S(=O)(=O)c1ccc(OC)cc1. The van der Waals surface area contributed by atoms with Gasteiger partial charge in [-0.1, -0.05) is 49.2 Å². The van der Waals surface area contributed by atoms with Gasteiger partial charge in [0.15, 0.2) is 0 Å². The first-order valence-electron chi connectivity index (χ1n) is 13.1. The van der Waals surface area contributed by atoms with E-state index in [1.807, 2.05) is 38.1 Å². The Labute approximate surface area is 241 Å². The second kappa shape index (κ2) is 14.2. The van der Waals surface area contributed by atoms with E-state index in [4.69, 9.17) is 16.3 Å². The fourth-order valence-electron chi connectivity index (χ4n) is 4.10. The molecule has 10 heteroatoms. The number of sulfonamides is 1. The zero-order chi connectivity index (χ0) is 29.3. The molecule has 0 aliphatic heterocycles. The minimum atomic E-state index is -4.18. The van der Waals surface area contributed by atoms with Crippen LogP contribution in [0.15, 0.2) is 77.7 Å². The fraction of sp³-hybridized carbons (Fsp3) is 0.333. The van der Waals surface area contributed by atoms with Crippen LogP contribution >= 0.6 is 11.6 Å². The van der Waals surface area contributed by atoms with Crippen LogP contribution in [0.25, 0.3) is 0 Å². The van der Waals surface area contributed by atoms with Gasteiger partial charge in [-0.3, -0.25) is 13.9 Å².